The van der Waals surface area contributed by atoms with Gasteiger partial charge in [0.15, 0.2) is 5.82 Å². The lowest BCUT2D eigenvalue weighted by molar-refractivity contribution is 0.411. The summed E-state index contributed by atoms with van der Waals surface area (Å²) in [5, 5.41) is 7.76. The first-order chi connectivity index (χ1) is 7.93. The third-order valence-corrected chi connectivity index (χ3v) is 2.20. The molecule has 1 N–H and O–H groups in total. The van der Waals surface area contributed by atoms with E-state index in [9.17, 15) is 0 Å². The number of aromatic nitrogens is 3. The number of rotatable bonds is 3. The van der Waals surface area contributed by atoms with Gasteiger partial charge < -0.3 is 14.3 Å². The van der Waals surface area contributed by atoms with Gasteiger partial charge in [0, 0.05) is 6.20 Å². The molecule has 0 aromatic carbocycles. The molecule has 3 rings (SSSR count). The minimum Gasteiger partial charge on any atom is -0.464 e. The molecule has 0 amide bonds. The summed E-state index contributed by atoms with van der Waals surface area (Å²) in [5.74, 6) is 1.33. The second-order valence-corrected chi connectivity index (χ2v) is 3.19. The molecule has 0 spiro atoms. The van der Waals surface area contributed by atoms with Crippen molar-refractivity contribution in [3.63, 3.8) is 0 Å². The minimum atomic E-state index is 0.466. The summed E-state index contributed by atoms with van der Waals surface area (Å²) >= 11 is 0. The Hall–Kier alpha value is -2.37. The largest absolute Gasteiger partial charge is 0.464 e. The average Bonchev–Trinajstić information content (AvgIpc) is 2.97. The fourth-order valence-electron chi connectivity index (χ4n) is 1.47. The van der Waals surface area contributed by atoms with Crippen LogP contribution in [0, 0.1) is 0 Å². The van der Waals surface area contributed by atoms with E-state index >= 15 is 0 Å². The summed E-state index contributed by atoms with van der Waals surface area (Å²) in [6.45, 7) is 0.466. The van der Waals surface area contributed by atoms with E-state index in [1.165, 1.54) is 6.39 Å². The van der Waals surface area contributed by atoms with Gasteiger partial charge in [-0.1, -0.05) is 5.16 Å². The molecule has 0 atom stereocenters. The normalized spacial score (nSPS) is 10.8. The van der Waals surface area contributed by atoms with E-state index < -0.39 is 0 Å². The van der Waals surface area contributed by atoms with Gasteiger partial charge in [-0.15, -0.1) is 0 Å². The van der Waals surface area contributed by atoms with E-state index in [4.69, 9.17) is 4.42 Å². The lowest BCUT2D eigenvalue weighted by atomic mass is 10.3. The van der Waals surface area contributed by atoms with E-state index in [1.807, 2.05) is 12.1 Å². The van der Waals surface area contributed by atoms with E-state index in [2.05, 4.69) is 25.0 Å². The first-order valence-corrected chi connectivity index (χ1v) is 4.75. The Morgan fingerprint density at radius 3 is 3.12 bits per heavy atom. The second kappa shape index (κ2) is 3.65. The number of hydrogen-bond acceptors (Lipinski definition) is 6. The van der Waals surface area contributed by atoms with Crippen LogP contribution < -0.4 is 5.32 Å². The Morgan fingerprint density at radius 1 is 1.25 bits per heavy atom. The number of furan rings is 1. The molecule has 0 saturated heterocycles. The predicted octanol–water partition coefficient (Wildman–Crippen LogP) is 1.82. The maximum absolute atomic E-state index is 5.27. The van der Waals surface area contributed by atoms with Crippen LogP contribution in [0.5, 0.6) is 0 Å². The summed E-state index contributed by atoms with van der Waals surface area (Å²) < 4.78 is 9.90. The molecule has 0 radical (unpaired) electrons. The van der Waals surface area contributed by atoms with Crippen molar-refractivity contribution in [2.24, 2.45) is 0 Å². The third-order valence-electron chi connectivity index (χ3n) is 2.20. The van der Waals surface area contributed by atoms with Crippen molar-refractivity contribution in [2.45, 2.75) is 6.54 Å². The highest BCUT2D eigenvalue weighted by atomic mass is 16.5. The standard InChI is InChI=1S/C10H8N4O2/c1-3-11-10(7-2-4-15-8(1)7)12-5-9-13-6-16-14-9/h1-4,6H,5H2,(H,11,12). The summed E-state index contributed by atoms with van der Waals surface area (Å²) in [5.41, 5.74) is 0.797. The number of nitrogens with zero attached hydrogens (tertiary/aromatic N) is 3. The zero-order valence-electron chi connectivity index (χ0n) is 8.25. The first kappa shape index (κ1) is 8.90. The van der Waals surface area contributed by atoms with Gasteiger partial charge in [0.05, 0.1) is 18.2 Å². The van der Waals surface area contributed by atoms with Crippen molar-refractivity contribution in [1.29, 1.82) is 0 Å². The van der Waals surface area contributed by atoms with Crippen molar-refractivity contribution in [1.82, 2.24) is 15.1 Å². The lowest BCUT2D eigenvalue weighted by Gasteiger charge is -2.02. The maximum atomic E-state index is 5.27. The smallest absolute Gasteiger partial charge is 0.213 e. The average molecular weight is 216 g/mol. The minimum absolute atomic E-state index is 0.466. The van der Waals surface area contributed by atoms with Gasteiger partial charge in [0.2, 0.25) is 6.39 Å². The molecular formula is C10H8N4O2. The van der Waals surface area contributed by atoms with E-state index in [0.29, 0.717) is 12.4 Å². The molecule has 16 heavy (non-hydrogen) atoms. The highest BCUT2D eigenvalue weighted by Crippen LogP contribution is 2.21. The maximum Gasteiger partial charge on any atom is 0.213 e. The van der Waals surface area contributed by atoms with Crippen LogP contribution in [0.2, 0.25) is 0 Å². The van der Waals surface area contributed by atoms with Crippen molar-refractivity contribution >= 4 is 16.8 Å². The molecule has 6 heteroatoms. The van der Waals surface area contributed by atoms with Gasteiger partial charge in [-0.05, 0) is 12.1 Å². The molecule has 0 bridgehead atoms. The monoisotopic (exact) mass is 216 g/mol. The van der Waals surface area contributed by atoms with Crippen molar-refractivity contribution < 1.29 is 8.94 Å². The molecule has 3 aromatic heterocycles. The molecule has 0 saturated carbocycles. The van der Waals surface area contributed by atoms with E-state index in [1.54, 1.807) is 12.5 Å². The van der Waals surface area contributed by atoms with Gasteiger partial charge in [0.25, 0.3) is 0 Å². The fraction of sp³-hybridized carbons (Fsp3) is 0.100. The Labute approximate surface area is 90.3 Å². The summed E-state index contributed by atoms with van der Waals surface area (Å²) in [6.07, 6.45) is 4.61. The molecule has 6 nitrogen and oxygen atoms in total. The molecule has 0 fully saturated rings. The van der Waals surface area contributed by atoms with Crippen LogP contribution in [0.15, 0.2) is 39.9 Å². The predicted molar refractivity (Wildman–Crippen MR) is 55.6 cm³/mol. The number of nitrogens with one attached hydrogen (secondary N) is 1. The Morgan fingerprint density at radius 2 is 2.25 bits per heavy atom. The lowest BCUT2D eigenvalue weighted by Crippen LogP contribution is -2.02. The van der Waals surface area contributed by atoms with Gasteiger partial charge >= 0.3 is 0 Å². The highest BCUT2D eigenvalue weighted by Gasteiger charge is 2.05. The number of fused-ring (bicyclic) bond motifs is 1. The van der Waals surface area contributed by atoms with Gasteiger partial charge in [-0.2, -0.15) is 4.98 Å². The van der Waals surface area contributed by atoms with Gasteiger partial charge in [0.1, 0.15) is 11.4 Å². The summed E-state index contributed by atoms with van der Waals surface area (Å²) in [7, 11) is 0. The fourth-order valence-corrected chi connectivity index (χ4v) is 1.47. The topological polar surface area (TPSA) is 77.0 Å². The van der Waals surface area contributed by atoms with Gasteiger partial charge in [-0.3, -0.25) is 0 Å². The van der Waals surface area contributed by atoms with E-state index in [-0.39, 0.29) is 0 Å². The summed E-state index contributed by atoms with van der Waals surface area (Å²) in [4.78, 5) is 8.13. The SMILES string of the molecule is c1cc2occc2c(NCc2ncon2)n1. The number of hydrogen-bond donors (Lipinski definition) is 1. The highest BCUT2D eigenvalue weighted by molar-refractivity contribution is 5.87. The first-order valence-electron chi connectivity index (χ1n) is 4.75. The molecule has 0 aliphatic rings. The van der Waals surface area contributed by atoms with Crippen LogP contribution in [0.25, 0.3) is 11.0 Å². The number of pyridine rings is 1. The van der Waals surface area contributed by atoms with E-state index in [0.717, 1.165) is 16.8 Å². The quantitative estimate of drug-likeness (QED) is 0.719. The molecule has 80 valence electrons. The molecular weight excluding hydrogens is 208 g/mol. The molecule has 0 unspecified atom stereocenters. The van der Waals surface area contributed by atoms with Crippen molar-refractivity contribution in [2.75, 3.05) is 5.32 Å². The summed E-state index contributed by atoms with van der Waals surface area (Å²) in [6, 6.07) is 3.68. The van der Waals surface area contributed by atoms with Crippen LogP contribution >= 0.6 is 0 Å². The Balaban J connectivity index is 1.86. The zero-order chi connectivity index (χ0) is 10.8. The van der Waals surface area contributed by atoms with Crippen LogP contribution in [-0.2, 0) is 6.54 Å². The second-order valence-electron chi connectivity index (χ2n) is 3.19. The van der Waals surface area contributed by atoms with Crippen LogP contribution in [-0.4, -0.2) is 15.1 Å². The van der Waals surface area contributed by atoms with Gasteiger partial charge in [-0.25, -0.2) is 4.98 Å². The Kier molecular flexibility index (Phi) is 2.03. The van der Waals surface area contributed by atoms with Crippen LogP contribution in [0.4, 0.5) is 5.82 Å². The van der Waals surface area contributed by atoms with Crippen LogP contribution in [0.1, 0.15) is 5.82 Å². The Bertz CT molecular complexity index is 588. The third kappa shape index (κ3) is 1.50. The number of anilines is 1. The molecule has 3 heterocycles. The van der Waals surface area contributed by atoms with Crippen LogP contribution in [0.3, 0.4) is 0 Å². The molecule has 0 aliphatic carbocycles. The zero-order valence-corrected chi connectivity index (χ0v) is 8.25. The van der Waals surface area contributed by atoms with Crippen molar-refractivity contribution in [3.8, 4) is 0 Å². The molecule has 3 aromatic rings. The molecule has 0 aliphatic heterocycles. The van der Waals surface area contributed by atoms with Crippen molar-refractivity contribution in [3.05, 3.63) is 36.8 Å².